The number of rotatable bonds is 2. The van der Waals surface area contributed by atoms with E-state index in [-0.39, 0.29) is 33.6 Å². The molecular formula is C22H36O3S2. The van der Waals surface area contributed by atoms with E-state index in [9.17, 15) is 9.90 Å². The number of aliphatic hydroxyl groups excluding tert-OH is 1. The van der Waals surface area contributed by atoms with Crippen LogP contribution in [0.2, 0.25) is 0 Å². The Morgan fingerprint density at radius 2 is 1.85 bits per heavy atom. The smallest absolute Gasteiger partial charge is 0.311 e. The second-order valence-electron chi connectivity index (χ2n) is 10.2. The molecule has 3 fully saturated rings. The lowest BCUT2D eigenvalue weighted by molar-refractivity contribution is -0.163. The van der Waals surface area contributed by atoms with Gasteiger partial charge >= 0.3 is 5.97 Å². The monoisotopic (exact) mass is 412 g/mol. The van der Waals surface area contributed by atoms with Crippen LogP contribution in [0.15, 0.2) is 12.2 Å². The van der Waals surface area contributed by atoms with Crippen molar-refractivity contribution in [1.29, 1.82) is 0 Å². The maximum atomic E-state index is 12.6. The molecule has 0 radical (unpaired) electrons. The Balaban J connectivity index is 1.90. The summed E-state index contributed by atoms with van der Waals surface area (Å²) in [7, 11) is 0. The molecule has 2 aliphatic carbocycles. The molecule has 3 nitrogen and oxygen atoms in total. The Morgan fingerprint density at radius 1 is 1.22 bits per heavy atom. The number of carbonyl (C=O) groups is 1. The fraction of sp³-hybridized carbons (Fsp3) is 0.864. The summed E-state index contributed by atoms with van der Waals surface area (Å²) in [6.07, 6.45) is 4.22. The molecule has 3 aliphatic rings. The molecule has 0 aromatic heterocycles. The summed E-state index contributed by atoms with van der Waals surface area (Å²) in [5.41, 5.74) is 0.518. The van der Waals surface area contributed by atoms with Gasteiger partial charge < -0.3 is 9.84 Å². The number of carbonyl (C=O) groups excluding carboxylic acids is 1. The van der Waals surface area contributed by atoms with Crippen LogP contribution in [0.1, 0.15) is 66.7 Å². The molecule has 1 heterocycles. The highest BCUT2D eigenvalue weighted by atomic mass is 32.2. The van der Waals surface area contributed by atoms with Gasteiger partial charge in [-0.05, 0) is 65.7 Å². The van der Waals surface area contributed by atoms with Gasteiger partial charge in [0.1, 0.15) is 6.10 Å². The molecular weight excluding hydrogens is 376 g/mol. The van der Waals surface area contributed by atoms with Gasteiger partial charge in [0, 0.05) is 22.8 Å². The minimum Gasteiger partial charge on any atom is -0.462 e. The molecule has 0 aromatic rings. The molecule has 154 valence electrons. The van der Waals surface area contributed by atoms with Crippen LogP contribution in [0.25, 0.3) is 0 Å². The van der Waals surface area contributed by atoms with Gasteiger partial charge in [0.25, 0.3) is 0 Å². The van der Waals surface area contributed by atoms with E-state index in [0.717, 1.165) is 32.1 Å². The lowest BCUT2D eigenvalue weighted by Crippen LogP contribution is -2.46. The van der Waals surface area contributed by atoms with Crippen LogP contribution in [0.5, 0.6) is 0 Å². The molecule has 0 amide bonds. The Hall–Kier alpha value is -0.130. The summed E-state index contributed by atoms with van der Waals surface area (Å²) in [4.78, 5) is 12.6. The van der Waals surface area contributed by atoms with Crippen LogP contribution in [-0.4, -0.2) is 38.9 Å². The summed E-state index contributed by atoms with van der Waals surface area (Å²) in [5.74, 6) is 2.85. The zero-order chi connectivity index (χ0) is 20.0. The van der Waals surface area contributed by atoms with E-state index >= 15 is 0 Å². The van der Waals surface area contributed by atoms with Crippen molar-refractivity contribution in [2.24, 2.45) is 22.7 Å². The molecule has 0 aromatic carbocycles. The third-order valence-corrected chi connectivity index (χ3v) is 10.5. The van der Waals surface area contributed by atoms with Crippen molar-refractivity contribution in [2.75, 3.05) is 11.5 Å². The van der Waals surface area contributed by atoms with E-state index < -0.39 is 5.41 Å². The number of hydrogen-bond donors (Lipinski definition) is 1. The van der Waals surface area contributed by atoms with E-state index in [4.69, 9.17) is 4.74 Å². The predicted octanol–water partition coefficient (Wildman–Crippen LogP) is 5.27. The maximum Gasteiger partial charge on any atom is 0.311 e. The number of ether oxygens (including phenoxy) is 1. The average molecular weight is 413 g/mol. The lowest BCUT2D eigenvalue weighted by Gasteiger charge is -2.47. The molecule has 0 unspecified atom stereocenters. The van der Waals surface area contributed by atoms with Gasteiger partial charge in [0.15, 0.2) is 0 Å². The van der Waals surface area contributed by atoms with E-state index in [2.05, 4.69) is 44.0 Å². The number of hydrogen-bond acceptors (Lipinski definition) is 5. The topological polar surface area (TPSA) is 46.5 Å². The lowest BCUT2D eigenvalue weighted by atomic mass is 9.67. The quantitative estimate of drug-likeness (QED) is 0.494. The van der Waals surface area contributed by atoms with Crippen LogP contribution in [0.3, 0.4) is 0 Å². The standard InChI is InChI=1S/C22H36O3S2/c1-14(2)15-11-18(23)21(6)8-7-17(25-19(24)20(3,4)5)16(21)13-22(12-15)26-9-10-27-22/h15-18,23H,1,7-13H2,2-6H3/t15-,16-,17-,18+,21+/m1/s1. The molecule has 2 saturated carbocycles. The van der Waals surface area contributed by atoms with E-state index in [1.807, 2.05) is 20.8 Å². The van der Waals surface area contributed by atoms with E-state index in [0.29, 0.717) is 5.92 Å². The Kier molecular flexibility index (Phi) is 6.08. The van der Waals surface area contributed by atoms with Gasteiger partial charge in [-0.1, -0.05) is 19.1 Å². The number of thioether (sulfide) groups is 2. The summed E-state index contributed by atoms with van der Waals surface area (Å²) in [6, 6.07) is 0. The number of esters is 1. The fourth-order valence-corrected chi connectivity index (χ4v) is 8.50. The number of allylic oxidation sites excluding steroid dienone is 1. The van der Waals surface area contributed by atoms with Crippen LogP contribution in [0.4, 0.5) is 0 Å². The SMILES string of the molecule is C=C(C)[C@@H]1C[C@H](O)[C@@]2(C)CC[C@@H](OC(=O)C(C)(C)C)[C@H]2CC2(C1)SCCS2. The maximum absolute atomic E-state index is 12.6. The summed E-state index contributed by atoms with van der Waals surface area (Å²) >= 11 is 4.17. The van der Waals surface area contributed by atoms with Gasteiger partial charge in [-0.15, -0.1) is 23.5 Å². The first kappa shape index (κ1) is 21.6. The average Bonchev–Trinajstić information content (AvgIpc) is 3.13. The van der Waals surface area contributed by atoms with Crippen LogP contribution < -0.4 is 0 Å². The highest BCUT2D eigenvalue weighted by Gasteiger charge is 2.56. The van der Waals surface area contributed by atoms with Gasteiger partial charge in [-0.25, -0.2) is 0 Å². The van der Waals surface area contributed by atoms with Gasteiger partial charge in [-0.3, -0.25) is 4.79 Å². The van der Waals surface area contributed by atoms with Crippen molar-refractivity contribution in [2.45, 2.75) is 83.0 Å². The summed E-state index contributed by atoms with van der Waals surface area (Å²) in [6.45, 7) is 14.3. The van der Waals surface area contributed by atoms with Crippen molar-refractivity contribution in [3.63, 3.8) is 0 Å². The van der Waals surface area contributed by atoms with E-state index in [1.54, 1.807) is 0 Å². The molecule has 1 spiro atoms. The molecule has 1 saturated heterocycles. The Labute approximate surface area is 173 Å². The number of fused-ring (bicyclic) bond motifs is 1. The predicted molar refractivity (Wildman–Crippen MR) is 116 cm³/mol. The van der Waals surface area contributed by atoms with Gasteiger partial charge in [0.05, 0.1) is 15.6 Å². The first-order chi connectivity index (χ1) is 12.5. The molecule has 1 N–H and O–H groups in total. The summed E-state index contributed by atoms with van der Waals surface area (Å²) < 4.78 is 6.22. The molecule has 5 atom stereocenters. The molecule has 1 aliphatic heterocycles. The molecule has 0 bridgehead atoms. The van der Waals surface area contributed by atoms with E-state index in [1.165, 1.54) is 17.1 Å². The van der Waals surface area contributed by atoms with Crippen molar-refractivity contribution in [3.8, 4) is 0 Å². The Morgan fingerprint density at radius 3 is 2.41 bits per heavy atom. The molecule has 5 heteroatoms. The fourth-order valence-electron chi connectivity index (χ4n) is 5.02. The van der Waals surface area contributed by atoms with Crippen LogP contribution in [-0.2, 0) is 9.53 Å². The second-order valence-corrected chi connectivity index (χ2v) is 13.4. The van der Waals surface area contributed by atoms with Gasteiger partial charge in [-0.2, -0.15) is 0 Å². The minimum absolute atomic E-state index is 0.0728. The van der Waals surface area contributed by atoms with Gasteiger partial charge in [0.2, 0.25) is 0 Å². The van der Waals surface area contributed by atoms with Crippen molar-refractivity contribution >= 4 is 29.5 Å². The number of aliphatic hydroxyl groups is 1. The van der Waals surface area contributed by atoms with Crippen molar-refractivity contribution in [3.05, 3.63) is 12.2 Å². The normalized spacial score (nSPS) is 38.9. The largest absolute Gasteiger partial charge is 0.462 e. The third kappa shape index (κ3) is 4.25. The zero-order valence-corrected chi connectivity index (χ0v) is 19.2. The Bertz CT molecular complexity index is 591. The third-order valence-electron chi connectivity index (χ3n) is 7.00. The second kappa shape index (κ2) is 7.60. The van der Waals surface area contributed by atoms with Crippen LogP contribution in [0, 0.1) is 22.7 Å². The first-order valence-electron chi connectivity index (χ1n) is 10.3. The zero-order valence-electron chi connectivity index (χ0n) is 17.5. The van der Waals surface area contributed by atoms with Crippen molar-refractivity contribution < 1.29 is 14.6 Å². The highest BCUT2D eigenvalue weighted by molar-refractivity contribution is 8.21. The molecule has 3 rings (SSSR count). The molecule has 27 heavy (non-hydrogen) atoms. The first-order valence-corrected chi connectivity index (χ1v) is 12.3. The minimum atomic E-state index is -0.487. The van der Waals surface area contributed by atoms with Crippen LogP contribution >= 0.6 is 23.5 Å². The summed E-state index contributed by atoms with van der Waals surface area (Å²) in [5, 5.41) is 11.2. The highest BCUT2D eigenvalue weighted by Crippen LogP contribution is 2.61. The van der Waals surface area contributed by atoms with Crippen molar-refractivity contribution in [1.82, 2.24) is 0 Å².